The number of aromatic amines is 1. The minimum atomic E-state index is -0.713. The van der Waals surface area contributed by atoms with E-state index in [0.717, 1.165) is 16.7 Å². The third kappa shape index (κ3) is 3.61. The van der Waals surface area contributed by atoms with Crippen LogP contribution in [0.5, 0.6) is 5.75 Å². The summed E-state index contributed by atoms with van der Waals surface area (Å²) in [4.78, 5) is 36.4. The number of carbonyl (C=O) groups excluding carboxylic acids is 1. The summed E-state index contributed by atoms with van der Waals surface area (Å²) in [6.07, 6.45) is 1.19. The van der Waals surface area contributed by atoms with Gasteiger partial charge in [0.25, 0.3) is 5.56 Å². The molecule has 2 N–H and O–H groups in total. The number of benzene rings is 1. The number of rotatable bonds is 4. The summed E-state index contributed by atoms with van der Waals surface area (Å²) in [5.74, 6) is -0.891. The molecule has 22 heavy (non-hydrogen) atoms. The summed E-state index contributed by atoms with van der Waals surface area (Å²) in [7, 11) is 1.38. The van der Waals surface area contributed by atoms with E-state index in [9.17, 15) is 18.8 Å². The number of anilines is 1. The minimum Gasteiger partial charge on any atom is -0.493 e. The van der Waals surface area contributed by atoms with E-state index in [4.69, 9.17) is 4.74 Å². The molecule has 2 aromatic rings. The number of aromatic nitrogens is 2. The van der Waals surface area contributed by atoms with Crippen LogP contribution in [0, 0.1) is 5.82 Å². The van der Waals surface area contributed by atoms with E-state index in [1.807, 2.05) is 4.98 Å². The Morgan fingerprint density at radius 1 is 1.45 bits per heavy atom. The van der Waals surface area contributed by atoms with E-state index < -0.39 is 23.0 Å². The molecule has 2 rings (SSSR count). The minimum absolute atomic E-state index is 0.122. The molecule has 0 radical (unpaired) electrons. The van der Waals surface area contributed by atoms with Crippen LogP contribution in [0.4, 0.5) is 10.1 Å². The predicted molar refractivity (Wildman–Crippen MR) is 80.6 cm³/mol. The molecule has 1 amide bonds. The molecule has 0 bridgehead atoms. The second-order valence-electron chi connectivity index (χ2n) is 4.25. The molecule has 0 aliphatic rings. The van der Waals surface area contributed by atoms with Crippen molar-refractivity contribution in [1.82, 2.24) is 9.55 Å². The van der Waals surface area contributed by atoms with Gasteiger partial charge in [-0.1, -0.05) is 0 Å². The first-order chi connectivity index (χ1) is 10.4. The largest absolute Gasteiger partial charge is 0.493 e. The third-order valence-corrected chi connectivity index (χ3v) is 3.29. The summed E-state index contributed by atoms with van der Waals surface area (Å²) in [5.41, 5.74) is -1.15. The van der Waals surface area contributed by atoms with Crippen LogP contribution in [0.25, 0.3) is 0 Å². The standard InChI is InChI=1S/C13H11BrFN3O4/c1-22-12-8(14)4-7(15)5-9(12)16-11(20)6-18-3-2-10(19)17-13(18)21/h2-5H,6H2,1H3,(H,16,20)(H,17,19,21). The average Bonchev–Trinajstić information content (AvgIpc) is 2.41. The second-order valence-corrected chi connectivity index (χ2v) is 5.11. The van der Waals surface area contributed by atoms with Crippen LogP contribution >= 0.6 is 15.9 Å². The van der Waals surface area contributed by atoms with Crippen molar-refractivity contribution in [2.45, 2.75) is 6.54 Å². The van der Waals surface area contributed by atoms with Gasteiger partial charge >= 0.3 is 5.69 Å². The molecule has 0 spiro atoms. The number of ether oxygens (including phenoxy) is 1. The summed E-state index contributed by atoms with van der Waals surface area (Å²) in [5, 5.41) is 2.45. The molecule has 1 aromatic heterocycles. The number of hydrogen-bond acceptors (Lipinski definition) is 4. The molecule has 0 saturated heterocycles. The van der Waals surface area contributed by atoms with Crippen molar-refractivity contribution >= 4 is 27.5 Å². The van der Waals surface area contributed by atoms with Gasteiger partial charge in [-0.3, -0.25) is 19.1 Å². The first-order valence-corrected chi connectivity index (χ1v) is 6.82. The zero-order valence-corrected chi connectivity index (χ0v) is 12.9. The SMILES string of the molecule is COc1c(Br)cc(F)cc1NC(=O)Cn1ccc(=O)[nH]c1=O. The number of nitrogens with one attached hydrogen (secondary N) is 2. The van der Waals surface area contributed by atoms with Crippen molar-refractivity contribution in [1.29, 1.82) is 0 Å². The lowest BCUT2D eigenvalue weighted by atomic mass is 10.2. The van der Waals surface area contributed by atoms with Crippen molar-refractivity contribution in [3.05, 3.63) is 55.5 Å². The molecule has 0 aliphatic carbocycles. The number of nitrogens with zero attached hydrogens (tertiary/aromatic N) is 1. The fraction of sp³-hybridized carbons (Fsp3) is 0.154. The van der Waals surface area contributed by atoms with Crippen molar-refractivity contribution in [2.75, 3.05) is 12.4 Å². The van der Waals surface area contributed by atoms with Crippen molar-refractivity contribution in [2.24, 2.45) is 0 Å². The van der Waals surface area contributed by atoms with Crippen LogP contribution < -0.4 is 21.3 Å². The zero-order chi connectivity index (χ0) is 16.3. The Morgan fingerprint density at radius 2 is 2.18 bits per heavy atom. The van der Waals surface area contributed by atoms with E-state index in [2.05, 4.69) is 21.2 Å². The van der Waals surface area contributed by atoms with E-state index in [1.165, 1.54) is 19.4 Å². The highest BCUT2D eigenvalue weighted by atomic mass is 79.9. The predicted octanol–water partition coefficient (Wildman–Crippen LogP) is 1.09. The molecule has 9 heteroatoms. The molecular formula is C13H11BrFN3O4. The highest BCUT2D eigenvalue weighted by molar-refractivity contribution is 9.10. The number of halogens is 2. The Balaban J connectivity index is 2.22. The molecule has 7 nitrogen and oxygen atoms in total. The van der Waals surface area contributed by atoms with Gasteiger partial charge in [-0.2, -0.15) is 0 Å². The number of H-pyrrole nitrogens is 1. The first-order valence-electron chi connectivity index (χ1n) is 6.03. The maximum Gasteiger partial charge on any atom is 0.328 e. The number of hydrogen-bond donors (Lipinski definition) is 2. The summed E-state index contributed by atoms with van der Waals surface area (Å²) in [6.45, 7) is -0.340. The van der Waals surface area contributed by atoms with E-state index in [0.29, 0.717) is 4.47 Å². The van der Waals surface area contributed by atoms with Crippen molar-refractivity contribution in [3.8, 4) is 5.75 Å². The van der Waals surface area contributed by atoms with E-state index in [1.54, 1.807) is 0 Å². The zero-order valence-electron chi connectivity index (χ0n) is 11.4. The van der Waals surface area contributed by atoms with Crippen LogP contribution in [0.2, 0.25) is 0 Å². The summed E-state index contributed by atoms with van der Waals surface area (Å²) < 4.78 is 19.8. The average molecular weight is 372 g/mol. The Bertz CT molecular complexity index is 831. The second kappa shape index (κ2) is 6.56. The quantitative estimate of drug-likeness (QED) is 0.840. The molecule has 1 aromatic carbocycles. The topological polar surface area (TPSA) is 93.2 Å². The Kier molecular flexibility index (Phi) is 4.76. The van der Waals surface area contributed by atoms with Gasteiger partial charge in [0.1, 0.15) is 12.4 Å². The van der Waals surface area contributed by atoms with Crippen LogP contribution in [0.1, 0.15) is 0 Å². The van der Waals surface area contributed by atoms with Gasteiger partial charge in [-0.25, -0.2) is 9.18 Å². The number of methoxy groups -OCH3 is 1. The Hall–Kier alpha value is -2.42. The number of amides is 1. The van der Waals surface area contributed by atoms with Gasteiger partial charge in [0, 0.05) is 18.3 Å². The monoisotopic (exact) mass is 371 g/mol. The van der Waals surface area contributed by atoms with Gasteiger partial charge in [-0.15, -0.1) is 0 Å². The molecule has 0 fully saturated rings. The third-order valence-electron chi connectivity index (χ3n) is 2.70. The van der Waals surface area contributed by atoms with Gasteiger partial charge in [0.15, 0.2) is 5.75 Å². The van der Waals surface area contributed by atoms with Crippen LogP contribution in [0.15, 0.2) is 38.5 Å². The lowest BCUT2D eigenvalue weighted by molar-refractivity contribution is -0.116. The van der Waals surface area contributed by atoms with Crippen LogP contribution in [-0.4, -0.2) is 22.6 Å². The molecule has 116 valence electrons. The van der Waals surface area contributed by atoms with Crippen LogP contribution in [0.3, 0.4) is 0 Å². The fourth-order valence-electron chi connectivity index (χ4n) is 1.77. The van der Waals surface area contributed by atoms with Gasteiger partial charge in [0.2, 0.25) is 5.91 Å². The lowest BCUT2D eigenvalue weighted by Crippen LogP contribution is -2.32. The highest BCUT2D eigenvalue weighted by Gasteiger charge is 2.13. The normalized spacial score (nSPS) is 10.3. The van der Waals surface area contributed by atoms with Gasteiger partial charge in [0.05, 0.1) is 17.3 Å². The molecule has 0 unspecified atom stereocenters. The van der Waals surface area contributed by atoms with Crippen LogP contribution in [-0.2, 0) is 11.3 Å². The van der Waals surface area contributed by atoms with Crippen molar-refractivity contribution < 1.29 is 13.9 Å². The summed E-state index contributed by atoms with van der Waals surface area (Å²) >= 11 is 3.12. The van der Waals surface area contributed by atoms with E-state index >= 15 is 0 Å². The molecular weight excluding hydrogens is 361 g/mol. The first kappa shape index (κ1) is 16.0. The Morgan fingerprint density at radius 3 is 2.82 bits per heavy atom. The van der Waals surface area contributed by atoms with Crippen molar-refractivity contribution in [3.63, 3.8) is 0 Å². The maximum atomic E-state index is 13.4. The number of carbonyl (C=O) groups is 1. The molecule has 0 saturated carbocycles. The smallest absolute Gasteiger partial charge is 0.328 e. The highest BCUT2D eigenvalue weighted by Crippen LogP contribution is 2.34. The molecule has 0 atom stereocenters. The summed E-state index contributed by atoms with van der Waals surface area (Å²) in [6, 6.07) is 3.41. The van der Waals surface area contributed by atoms with Gasteiger partial charge < -0.3 is 10.1 Å². The maximum absolute atomic E-state index is 13.4. The molecule has 1 heterocycles. The lowest BCUT2D eigenvalue weighted by Gasteiger charge is -2.12. The fourth-order valence-corrected chi connectivity index (χ4v) is 2.37. The van der Waals surface area contributed by atoms with Gasteiger partial charge in [-0.05, 0) is 22.0 Å². The Labute approximate surface area is 131 Å². The van der Waals surface area contributed by atoms with E-state index in [-0.39, 0.29) is 18.0 Å². The molecule has 0 aliphatic heterocycles.